The standard InChI is InChI=1S/C10H8ClNO2S/c1-5-12-8-3-6(10(13)14-2)7(11)4-9(8)15-5/h3-4H,1-2H3. The maximum absolute atomic E-state index is 11.4. The summed E-state index contributed by atoms with van der Waals surface area (Å²) in [5.41, 5.74) is 1.14. The van der Waals surface area contributed by atoms with E-state index in [2.05, 4.69) is 9.72 Å². The van der Waals surface area contributed by atoms with Crippen molar-refractivity contribution in [2.45, 2.75) is 6.92 Å². The highest BCUT2D eigenvalue weighted by atomic mass is 35.5. The predicted molar refractivity (Wildman–Crippen MR) is 60.7 cm³/mol. The molecule has 0 aliphatic heterocycles. The third-order valence-corrected chi connectivity index (χ3v) is 3.24. The van der Waals surface area contributed by atoms with Gasteiger partial charge in [0.25, 0.3) is 0 Å². The average Bonchev–Trinajstić information content (AvgIpc) is 2.55. The second-order valence-electron chi connectivity index (χ2n) is 3.02. The summed E-state index contributed by atoms with van der Waals surface area (Å²) in [7, 11) is 1.33. The van der Waals surface area contributed by atoms with Crippen LogP contribution in [-0.4, -0.2) is 18.1 Å². The first kappa shape index (κ1) is 10.4. The Hall–Kier alpha value is -1.13. The normalized spacial score (nSPS) is 10.6. The van der Waals surface area contributed by atoms with Crippen LogP contribution in [0, 0.1) is 6.92 Å². The number of fused-ring (bicyclic) bond motifs is 1. The molecule has 0 bridgehead atoms. The van der Waals surface area contributed by atoms with E-state index in [9.17, 15) is 4.79 Å². The molecule has 2 rings (SSSR count). The smallest absolute Gasteiger partial charge is 0.339 e. The van der Waals surface area contributed by atoms with Gasteiger partial charge in [-0.05, 0) is 19.1 Å². The molecule has 78 valence electrons. The molecule has 0 aliphatic rings. The van der Waals surface area contributed by atoms with Crippen LogP contribution in [0.3, 0.4) is 0 Å². The first-order valence-corrected chi connectivity index (χ1v) is 5.46. The number of methoxy groups -OCH3 is 1. The second-order valence-corrected chi connectivity index (χ2v) is 4.67. The number of aromatic nitrogens is 1. The molecule has 3 nitrogen and oxygen atoms in total. The Labute approximate surface area is 95.6 Å². The molecule has 1 heterocycles. The quantitative estimate of drug-likeness (QED) is 0.721. The number of thiazole rings is 1. The van der Waals surface area contributed by atoms with Crippen molar-refractivity contribution in [3.8, 4) is 0 Å². The van der Waals surface area contributed by atoms with Crippen LogP contribution in [0.2, 0.25) is 5.02 Å². The van der Waals surface area contributed by atoms with Crippen LogP contribution in [0.5, 0.6) is 0 Å². The van der Waals surface area contributed by atoms with E-state index in [4.69, 9.17) is 11.6 Å². The van der Waals surface area contributed by atoms with Gasteiger partial charge in [0.05, 0.1) is 32.9 Å². The van der Waals surface area contributed by atoms with Crippen LogP contribution in [0.1, 0.15) is 15.4 Å². The molecule has 0 radical (unpaired) electrons. The van der Waals surface area contributed by atoms with Gasteiger partial charge in [0.15, 0.2) is 0 Å². The van der Waals surface area contributed by atoms with E-state index in [1.165, 1.54) is 7.11 Å². The largest absolute Gasteiger partial charge is 0.465 e. The van der Waals surface area contributed by atoms with Crippen LogP contribution in [-0.2, 0) is 4.74 Å². The number of hydrogen-bond donors (Lipinski definition) is 0. The van der Waals surface area contributed by atoms with E-state index < -0.39 is 5.97 Å². The van der Waals surface area contributed by atoms with Gasteiger partial charge in [-0.25, -0.2) is 9.78 Å². The van der Waals surface area contributed by atoms with Crippen LogP contribution in [0.15, 0.2) is 12.1 Å². The molecule has 1 aromatic carbocycles. The van der Waals surface area contributed by atoms with E-state index in [0.717, 1.165) is 15.2 Å². The van der Waals surface area contributed by atoms with E-state index in [0.29, 0.717) is 10.6 Å². The third-order valence-electron chi connectivity index (χ3n) is 1.99. The molecular formula is C10H8ClNO2S. The molecule has 0 atom stereocenters. The fourth-order valence-electron chi connectivity index (χ4n) is 1.33. The van der Waals surface area contributed by atoms with Crippen LogP contribution >= 0.6 is 22.9 Å². The maximum atomic E-state index is 11.4. The molecule has 0 fully saturated rings. The summed E-state index contributed by atoms with van der Waals surface area (Å²) >= 11 is 7.51. The number of hydrogen-bond acceptors (Lipinski definition) is 4. The third kappa shape index (κ3) is 1.82. The Morgan fingerprint density at radius 1 is 1.53 bits per heavy atom. The number of carbonyl (C=O) groups excluding carboxylic acids is 1. The lowest BCUT2D eigenvalue weighted by Crippen LogP contribution is -2.01. The fraction of sp³-hybridized carbons (Fsp3) is 0.200. The van der Waals surface area contributed by atoms with Gasteiger partial charge < -0.3 is 4.74 Å². The summed E-state index contributed by atoms with van der Waals surface area (Å²) in [4.78, 5) is 15.6. The van der Waals surface area contributed by atoms with E-state index in [-0.39, 0.29) is 0 Å². The van der Waals surface area contributed by atoms with Crippen molar-refractivity contribution in [3.63, 3.8) is 0 Å². The molecule has 0 saturated carbocycles. The summed E-state index contributed by atoms with van der Waals surface area (Å²) in [5.74, 6) is -0.437. The Morgan fingerprint density at radius 2 is 2.27 bits per heavy atom. The first-order chi connectivity index (χ1) is 7.11. The zero-order valence-corrected chi connectivity index (χ0v) is 9.78. The number of esters is 1. The zero-order chi connectivity index (χ0) is 11.0. The summed E-state index contributed by atoms with van der Waals surface area (Å²) in [6.45, 7) is 1.91. The van der Waals surface area contributed by atoms with Gasteiger partial charge >= 0.3 is 5.97 Å². The number of aryl methyl sites for hydroxylation is 1. The molecule has 0 unspecified atom stereocenters. The summed E-state index contributed by atoms with van der Waals surface area (Å²) in [6.07, 6.45) is 0. The molecular weight excluding hydrogens is 234 g/mol. The number of halogens is 1. The molecule has 0 spiro atoms. The highest BCUT2D eigenvalue weighted by molar-refractivity contribution is 7.18. The van der Waals surface area contributed by atoms with Crippen LogP contribution in [0.4, 0.5) is 0 Å². The van der Waals surface area contributed by atoms with Gasteiger partial charge in [-0.2, -0.15) is 0 Å². The van der Waals surface area contributed by atoms with Crippen molar-refractivity contribution in [1.82, 2.24) is 4.98 Å². The molecule has 5 heteroatoms. The van der Waals surface area contributed by atoms with E-state index in [1.807, 2.05) is 6.92 Å². The van der Waals surface area contributed by atoms with Crippen molar-refractivity contribution < 1.29 is 9.53 Å². The van der Waals surface area contributed by atoms with Crippen molar-refractivity contribution in [2.24, 2.45) is 0 Å². The van der Waals surface area contributed by atoms with Gasteiger partial charge in [-0.3, -0.25) is 0 Å². The van der Waals surface area contributed by atoms with Gasteiger partial charge in [-0.1, -0.05) is 11.6 Å². The Balaban J connectivity index is 2.66. The number of carbonyl (C=O) groups is 1. The highest BCUT2D eigenvalue weighted by Crippen LogP contribution is 2.28. The fourth-order valence-corrected chi connectivity index (χ4v) is 2.48. The average molecular weight is 242 g/mol. The Morgan fingerprint density at radius 3 is 2.93 bits per heavy atom. The van der Waals surface area contributed by atoms with Gasteiger partial charge in [0.1, 0.15) is 0 Å². The van der Waals surface area contributed by atoms with E-state index in [1.54, 1.807) is 23.5 Å². The minimum Gasteiger partial charge on any atom is -0.465 e. The predicted octanol–water partition coefficient (Wildman–Crippen LogP) is 3.04. The SMILES string of the molecule is COC(=O)c1cc2nc(C)sc2cc1Cl. The number of nitrogens with zero attached hydrogens (tertiary/aromatic N) is 1. The molecule has 1 aromatic heterocycles. The van der Waals surface area contributed by atoms with Crippen molar-refractivity contribution >= 4 is 39.1 Å². The number of rotatable bonds is 1. The summed E-state index contributed by atoms with van der Waals surface area (Å²) < 4.78 is 5.60. The monoisotopic (exact) mass is 241 g/mol. The summed E-state index contributed by atoms with van der Waals surface area (Å²) in [5, 5.41) is 1.35. The topological polar surface area (TPSA) is 39.2 Å². The molecule has 15 heavy (non-hydrogen) atoms. The van der Waals surface area contributed by atoms with Crippen molar-refractivity contribution in [3.05, 3.63) is 27.7 Å². The van der Waals surface area contributed by atoms with E-state index >= 15 is 0 Å². The highest BCUT2D eigenvalue weighted by Gasteiger charge is 2.13. The van der Waals surface area contributed by atoms with Crippen LogP contribution < -0.4 is 0 Å². The molecule has 0 aliphatic carbocycles. The lowest BCUT2D eigenvalue weighted by molar-refractivity contribution is 0.0601. The van der Waals surface area contributed by atoms with Crippen molar-refractivity contribution in [2.75, 3.05) is 7.11 Å². The lowest BCUT2D eigenvalue weighted by atomic mass is 10.2. The first-order valence-electron chi connectivity index (χ1n) is 4.27. The van der Waals surface area contributed by atoms with Gasteiger partial charge in [0, 0.05) is 0 Å². The van der Waals surface area contributed by atoms with Crippen molar-refractivity contribution in [1.29, 1.82) is 0 Å². The number of ether oxygens (including phenoxy) is 1. The lowest BCUT2D eigenvalue weighted by Gasteiger charge is -2.01. The van der Waals surface area contributed by atoms with Gasteiger partial charge in [-0.15, -0.1) is 11.3 Å². The van der Waals surface area contributed by atoms with Gasteiger partial charge in [0.2, 0.25) is 0 Å². The summed E-state index contributed by atoms with van der Waals surface area (Å²) in [6, 6.07) is 3.40. The Bertz CT molecular complexity index is 535. The second kappa shape index (κ2) is 3.79. The Kier molecular flexibility index (Phi) is 2.63. The molecule has 0 saturated heterocycles. The number of benzene rings is 1. The van der Waals surface area contributed by atoms with Crippen LogP contribution in [0.25, 0.3) is 10.2 Å². The maximum Gasteiger partial charge on any atom is 0.339 e. The minimum absolute atomic E-state index is 0.358. The molecule has 0 N–H and O–H groups in total. The molecule has 2 aromatic rings. The zero-order valence-electron chi connectivity index (χ0n) is 8.20. The minimum atomic E-state index is -0.437. The molecule has 0 amide bonds.